The Balaban J connectivity index is 1.78. The van der Waals surface area contributed by atoms with E-state index in [0.717, 1.165) is 25.8 Å². The molecule has 1 amide bonds. The molecule has 1 saturated heterocycles. The first-order valence-corrected chi connectivity index (χ1v) is 7.91. The van der Waals surface area contributed by atoms with Crippen molar-refractivity contribution in [2.24, 2.45) is 0 Å². The van der Waals surface area contributed by atoms with Crippen molar-refractivity contribution >= 4 is 34.9 Å². The van der Waals surface area contributed by atoms with Crippen LogP contribution in [0, 0.1) is 0 Å². The summed E-state index contributed by atoms with van der Waals surface area (Å²) in [5.74, 6) is 0.638. The van der Waals surface area contributed by atoms with Crippen LogP contribution in [0.15, 0.2) is 12.3 Å². The van der Waals surface area contributed by atoms with Gasteiger partial charge in [-0.1, -0.05) is 30.1 Å². The normalized spacial score (nSPS) is 21.3. The van der Waals surface area contributed by atoms with E-state index < -0.39 is 5.54 Å². The average molecular weight is 331 g/mol. The van der Waals surface area contributed by atoms with Gasteiger partial charge in [-0.25, -0.2) is 4.98 Å². The first kappa shape index (κ1) is 16.3. The van der Waals surface area contributed by atoms with Crippen molar-refractivity contribution < 1.29 is 4.79 Å². The molecule has 0 bridgehead atoms. The molecule has 5 nitrogen and oxygen atoms in total. The highest BCUT2D eigenvalue weighted by atomic mass is 35.5. The summed E-state index contributed by atoms with van der Waals surface area (Å²) >= 11 is 11.8. The summed E-state index contributed by atoms with van der Waals surface area (Å²) in [7, 11) is 0. The van der Waals surface area contributed by atoms with E-state index in [2.05, 4.69) is 20.9 Å². The summed E-state index contributed by atoms with van der Waals surface area (Å²) in [5, 5.41) is 10.3. The summed E-state index contributed by atoms with van der Waals surface area (Å²) in [6, 6.07) is 1.63. The molecule has 1 unspecified atom stereocenters. The molecule has 0 aromatic carbocycles. The van der Waals surface area contributed by atoms with Crippen LogP contribution in [0.2, 0.25) is 10.0 Å². The molecule has 0 saturated carbocycles. The Labute approximate surface area is 134 Å². The molecule has 1 atom stereocenters. The van der Waals surface area contributed by atoms with E-state index in [1.807, 2.05) is 6.92 Å². The lowest BCUT2D eigenvalue weighted by Gasteiger charge is -2.26. The van der Waals surface area contributed by atoms with Gasteiger partial charge in [-0.05, 0) is 31.9 Å². The van der Waals surface area contributed by atoms with Crippen LogP contribution >= 0.6 is 23.2 Å². The van der Waals surface area contributed by atoms with Crippen LogP contribution in [0.4, 0.5) is 5.82 Å². The summed E-state index contributed by atoms with van der Waals surface area (Å²) in [4.78, 5) is 16.4. The van der Waals surface area contributed by atoms with E-state index in [1.54, 1.807) is 6.07 Å². The molecule has 2 rings (SSSR count). The highest BCUT2D eigenvalue weighted by Gasteiger charge is 2.38. The fourth-order valence-electron chi connectivity index (χ4n) is 2.53. The van der Waals surface area contributed by atoms with Gasteiger partial charge in [0.15, 0.2) is 0 Å². The fraction of sp³-hybridized carbons (Fsp3) is 0.571. The van der Waals surface area contributed by atoms with Crippen LogP contribution in [-0.4, -0.2) is 36.1 Å². The van der Waals surface area contributed by atoms with Gasteiger partial charge in [0.25, 0.3) is 0 Å². The number of nitrogens with zero attached hydrogens (tertiary/aromatic N) is 1. The molecule has 21 heavy (non-hydrogen) atoms. The standard InChI is InChI=1S/C14H20Cl2N4O/c1-2-14(4-3-5-20-14)13(21)18-7-6-17-12-11(16)8-10(15)9-19-12/h8-9,20H,2-7H2,1H3,(H,17,19)(H,18,21). The first-order chi connectivity index (χ1) is 10.1. The van der Waals surface area contributed by atoms with Gasteiger partial charge in [-0.3, -0.25) is 4.79 Å². The Hall–Kier alpha value is -1.04. The van der Waals surface area contributed by atoms with E-state index in [1.165, 1.54) is 6.20 Å². The van der Waals surface area contributed by atoms with Crippen LogP contribution in [-0.2, 0) is 4.79 Å². The van der Waals surface area contributed by atoms with Crippen LogP contribution < -0.4 is 16.0 Å². The first-order valence-electron chi connectivity index (χ1n) is 7.15. The van der Waals surface area contributed by atoms with E-state index in [9.17, 15) is 4.79 Å². The molecule has 1 aliphatic heterocycles. The van der Waals surface area contributed by atoms with Crippen LogP contribution in [0.5, 0.6) is 0 Å². The zero-order valence-electron chi connectivity index (χ0n) is 12.0. The van der Waals surface area contributed by atoms with E-state index in [-0.39, 0.29) is 5.91 Å². The lowest BCUT2D eigenvalue weighted by atomic mass is 9.93. The Morgan fingerprint density at radius 1 is 1.48 bits per heavy atom. The minimum Gasteiger partial charge on any atom is -0.367 e. The number of carbonyl (C=O) groups is 1. The van der Waals surface area contributed by atoms with Gasteiger partial charge in [0.05, 0.1) is 15.6 Å². The highest BCUT2D eigenvalue weighted by molar-refractivity contribution is 6.35. The van der Waals surface area contributed by atoms with Crippen molar-refractivity contribution in [2.45, 2.75) is 31.7 Å². The minimum absolute atomic E-state index is 0.0689. The van der Waals surface area contributed by atoms with Gasteiger partial charge in [-0.15, -0.1) is 0 Å². The molecule has 0 aliphatic carbocycles. The second kappa shape index (κ2) is 7.29. The lowest BCUT2D eigenvalue weighted by molar-refractivity contribution is -0.127. The minimum atomic E-state index is -0.393. The smallest absolute Gasteiger partial charge is 0.240 e. The number of anilines is 1. The third-order valence-corrected chi connectivity index (χ3v) is 4.29. The number of amides is 1. The molecule has 1 aliphatic rings. The zero-order chi connectivity index (χ0) is 15.3. The Morgan fingerprint density at radius 3 is 2.90 bits per heavy atom. The largest absolute Gasteiger partial charge is 0.367 e. The molecule has 1 aromatic rings. The lowest BCUT2D eigenvalue weighted by Crippen LogP contribution is -2.53. The quantitative estimate of drug-likeness (QED) is 0.701. The molecule has 1 fully saturated rings. The third-order valence-electron chi connectivity index (χ3n) is 3.79. The number of rotatable bonds is 6. The number of aromatic nitrogens is 1. The summed E-state index contributed by atoms with van der Waals surface area (Å²) in [5.41, 5.74) is -0.393. The molecule has 2 heterocycles. The number of hydrogen-bond donors (Lipinski definition) is 3. The monoisotopic (exact) mass is 330 g/mol. The Morgan fingerprint density at radius 2 is 2.29 bits per heavy atom. The Bertz CT molecular complexity index is 504. The molecular formula is C14H20Cl2N4O. The SMILES string of the molecule is CCC1(C(=O)NCCNc2ncc(Cl)cc2Cl)CCCN1. The number of pyridine rings is 1. The van der Waals surface area contributed by atoms with Crippen molar-refractivity contribution in [1.29, 1.82) is 0 Å². The molecule has 0 radical (unpaired) electrons. The predicted molar refractivity (Wildman–Crippen MR) is 86.0 cm³/mol. The van der Waals surface area contributed by atoms with Crippen molar-refractivity contribution in [3.05, 3.63) is 22.3 Å². The van der Waals surface area contributed by atoms with Gasteiger partial charge >= 0.3 is 0 Å². The molecule has 116 valence electrons. The van der Waals surface area contributed by atoms with E-state index >= 15 is 0 Å². The van der Waals surface area contributed by atoms with Gasteiger partial charge < -0.3 is 16.0 Å². The summed E-state index contributed by atoms with van der Waals surface area (Å²) in [6.07, 6.45) is 4.27. The maximum Gasteiger partial charge on any atom is 0.240 e. The maximum absolute atomic E-state index is 12.3. The van der Waals surface area contributed by atoms with Crippen LogP contribution in [0.25, 0.3) is 0 Å². The fourth-order valence-corrected chi connectivity index (χ4v) is 2.98. The zero-order valence-corrected chi connectivity index (χ0v) is 13.5. The van der Waals surface area contributed by atoms with E-state index in [4.69, 9.17) is 23.2 Å². The van der Waals surface area contributed by atoms with E-state index in [0.29, 0.717) is 29.0 Å². The molecule has 0 spiro atoms. The van der Waals surface area contributed by atoms with Crippen molar-refractivity contribution in [3.8, 4) is 0 Å². The topological polar surface area (TPSA) is 66.0 Å². The number of carbonyl (C=O) groups excluding carboxylic acids is 1. The van der Waals surface area contributed by atoms with Crippen molar-refractivity contribution in [1.82, 2.24) is 15.6 Å². The molecule has 7 heteroatoms. The predicted octanol–water partition coefficient (Wildman–Crippen LogP) is 2.45. The average Bonchev–Trinajstić information content (AvgIpc) is 2.95. The second-order valence-corrected chi connectivity index (χ2v) is 5.98. The van der Waals surface area contributed by atoms with Crippen LogP contribution in [0.3, 0.4) is 0 Å². The second-order valence-electron chi connectivity index (χ2n) is 5.13. The van der Waals surface area contributed by atoms with Crippen LogP contribution in [0.1, 0.15) is 26.2 Å². The van der Waals surface area contributed by atoms with Crippen molar-refractivity contribution in [2.75, 3.05) is 25.0 Å². The van der Waals surface area contributed by atoms with Gasteiger partial charge in [0, 0.05) is 19.3 Å². The van der Waals surface area contributed by atoms with Gasteiger partial charge in [0.1, 0.15) is 5.82 Å². The van der Waals surface area contributed by atoms with Gasteiger partial charge in [-0.2, -0.15) is 0 Å². The molecule has 1 aromatic heterocycles. The van der Waals surface area contributed by atoms with Gasteiger partial charge in [0.2, 0.25) is 5.91 Å². The highest BCUT2D eigenvalue weighted by Crippen LogP contribution is 2.23. The number of halogens is 2. The van der Waals surface area contributed by atoms with Crippen molar-refractivity contribution in [3.63, 3.8) is 0 Å². The summed E-state index contributed by atoms with van der Waals surface area (Å²) in [6.45, 7) is 4.01. The molecule has 3 N–H and O–H groups in total. The maximum atomic E-state index is 12.3. The third kappa shape index (κ3) is 3.99. The molecular weight excluding hydrogens is 311 g/mol. The number of hydrogen-bond acceptors (Lipinski definition) is 4. The summed E-state index contributed by atoms with van der Waals surface area (Å²) < 4.78 is 0. The number of nitrogens with one attached hydrogen (secondary N) is 3. The Kier molecular flexibility index (Phi) is 5.67.